The van der Waals surface area contributed by atoms with Gasteiger partial charge in [0.2, 0.25) is 25.4 Å². The van der Waals surface area contributed by atoms with Crippen LogP contribution in [-0.2, 0) is 22.7 Å². The number of hydrogen-bond donors (Lipinski definition) is 1. The molecule has 0 aromatic heterocycles. The van der Waals surface area contributed by atoms with Crippen molar-refractivity contribution in [2.45, 2.75) is 26.4 Å². The van der Waals surface area contributed by atoms with Gasteiger partial charge in [0.25, 0.3) is 0 Å². The van der Waals surface area contributed by atoms with Crippen molar-refractivity contribution >= 4 is 11.8 Å². The Kier molecular flexibility index (Phi) is 5.41. The number of carbonyl (C=O) groups excluding carboxylic acids is 2. The minimum Gasteiger partial charge on any atom is -0.454 e. The Hall–Kier alpha value is -3.42. The molecule has 0 unspecified atom stereocenters. The van der Waals surface area contributed by atoms with Crippen LogP contribution < -0.4 is 24.3 Å². The van der Waals surface area contributed by atoms with Gasteiger partial charge in [0.1, 0.15) is 0 Å². The van der Waals surface area contributed by atoms with E-state index >= 15 is 0 Å². The van der Waals surface area contributed by atoms with Crippen molar-refractivity contribution in [1.82, 2.24) is 10.2 Å². The average molecular weight is 398 g/mol. The molecule has 0 saturated carbocycles. The van der Waals surface area contributed by atoms with E-state index in [0.717, 1.165) is 11.1 Å². The summed E-state index contributed by atoms with van der Waals surface area (Å²) in [5.74, 6) is 2.55. The van der Waals surface area contributed by atoms with E-state index in [9.17, 15) is 9.59 Å². The van der Waals surface area contributed by atoms with E-state index < -0.39 is 0 Å². The molecule has 0 atom stereocenters. The van der Waals surface area contributed by atoms with Gasteiger partial charge in [-0.1, -0.05) is 12.1 Å². The van der Waals surface area contributed by atoms with Crippen LogP contribution >= 0.6 is 0 Å². The molecule has 0 fully saturated rings. The molecule has 2 aliphatic heterocycles. The molecular weight excluding hydrogens is 376 g/mol. The molecule has 2 heterocycles. The van der Waals surface area contributed by atoms with E-state index in [2.05, 4.69) is 5.32 Å². The van der Waals surface area contributed by atoms with Crippen molar-refractivity contribution in [3.8, 4) is 23.0 Å². The number of nitrogens with one attached hydrogen (secondary N) is 1. The van der Waals surface area contributed by atoms with Crippen molar-refractivity contribution in [1.29, 1.82) is 0 Å². The van der Waals surface area contributed by atoms with E-state index in [-0.39, 0.29) is 31.8 Å². The monoisotopic (exact) mass is 398 g/mol. The molecule has 0 aliphatic carbocycles. The smallest absolute Gasteiger partial charge is 0.231 e. The molecule has 8 nitrogen and oxygen atoms in total. The van der Waals surface area contributed by atoms with Gasteiger partial charge in [-0.15, -0.1) is 0 Å². The molecule has 2 aromatic carbocycles. The topological polar surface area (TPSA) is 86.3 Å². The molecule has 8 heteroatoms. The SMILES string of the molecule is CC(=O)N(CCC(=O)NCc1ccc2c(c1)OCO2)Cc1ccc2c(c1)OCO2. The lowest BCUT2D eigenvalue weighted by Gasteiger charge is -2.21. The number of amides is 2. The van der Waals surface area contributed by atoms with Gasteiger partial charge in [-0.2, -0.15) is 0 Å². The summed E-state index contributed by atoms with van der Waals surface area (Å²) in [6.45, 7) is 3.04. The van der Waals surface area contributed by atoms with E-state index in [1.54, 1.807) is 4.90 Å². The Morgan fingerprint density at radius 1 is 0.897 bits per heavy atom. The average Bonchev–Trinajstić information content (AvgIpc) is 3.37. The standard InChI is InChI=1S/C21H22N2O6/c1-14(24)23(11-16-3-5-18-20(9-16)29-13-27-18)7-6-21(25)22-10-15-2-4-17-19(8-15)28-12-26-17/h2-5,8-9H,6-7,10-13H2,1H3,(H,22,25). The molecule has 0 saturated heterocycles. The lowest BCUT2D eigenvalue weighted by Crippen LogP contribution is -2.33. The number of hydrogen-bond acceptors (Lipinski definition) is 6. The van der Waals surface area contributed by atoms with E-state index in [0.29, 0.717) is 42.6 Å². The summed E-state index contributed by atoms with van der Waals surface area (Å²) in [4.78, 5) is 25.9. The first-order valence-electron chi connectivity index (χ1n) is 9.38. The molecule has 2 aliphatic rings. The Bertz CT molecular complexity index is 929. The van der Waals surface area contributed by atoms with Crippen LogP contribution in [0.3, 0.4) is 0 Å². The van der Waals surface area contributed by atoms with Gasteiger partial charge < -0.3 is 29.2 Å². The molecule has 0 bridgehead atoms. The highest BCUT2D eigenvalue weighted by Gasteiger charge is 2.17. The van der Waals surface area contributed by atoms with Gasteiger partial charge in [-0.3, -0.25) is 9.59 Å². The zero-order valence-electron chi connectivity index (χ0n) is 16.1. The summed E-state index contributed by atoms with van der Waals surface area (Å²) in [7, 11) is 0. The van der Waals surface area contributed by atoms with Gasteiger partial charge >= 0.3 is 0 Å². The third-order valence-corrected chi connectivity index (χ3v) is 4.79. The van der Waals surface area contributed by atoms with Crippen molar-refractivity contribution in [3.63, 3.8) is 0 Å². The summed E-state index contributed by atoms with van der Waals surface area (Å²) in [6, 6.07) is 11.1. The predicted octanol–water partition coefficient (Wildman–Crippen LogP) is 2.20. The largest absolute Gasteiger partial charge is 0.454 e. The van der Waals surface area contributed by atoms with Crippen LogP contribution in [0.5, 0.6) is 23.0 Å². The molecule has 4 rings (SSSR count). The second-order valence-electron chi connectivity index (χ2n) is 6.84. The highest BCUT2D eigenvalue weighted by Crippen LogP contribution is 2.33. The maximum absolute atomic E-state index is 12.2. The molecule has 0 radical (unpaired) electrons. The third kappa shape index (κ3) is 4.53. The van der Waals surface area contributed by atoms with Crippen LogP contribution in [0, 0.1) is 0 Å². The second-order valence-corrected chi connectivity index (χ2v) is 6.84. The Morgan fingerprint density at radius 2 is 1.48 bits per heavy atom. The van der Waals surface area contributed by atoms with Crippen molar-refractivity contribution in [3.05, 3.63) is 47.5 Å². The summed E-state index contributed by atoms with van der Waals surface area (Å²) in [5.41, 5.74) is 1.84. The van der Waals surface area contributed by atoms with E-state index in [1.807, 2.05) is 36.4 Å². The first kappa shape index (κ1) is 18.9. The van der Waals surface area contributed by atoms with Gasteiger partial charge in [0.05, 0.1) is 0 Å². The van der Waals surface area contributed by atoms with Crippen LogP contribution in [0.1, 0.15) is 24.5 Å². The third-order valence-electron chi connectivity index (χ3n) is 4.79. The van der Waals surface area contributed by atoms with Crippen LogP contribution in [0.2, 0.25) is 0 Å². The van der Waals surface area contributed by atoms with Crippen molar-refractivity contribution < 1.29 is 28.5 Å². The number of nitrogens with zero attached hydrogens (tertiary/aromatic N) is 1. The summed E-state index contributed by atoms with van der Waals surface area (Å²) >= 11 is 0. The van der Waals surface area contributed by atoms with Gasteiger partial charge in [0.15, 0.2) is 23.0 Å². The summed E-state index contributed by atoms with van der Waals surface area (Å²) in [6.07, 6.45) is 0.217. The van der Waals surface area contributed by atoms with Crippen LogP contribution in [-0.4, -0.2) is 36.8 Å². The zero-order chi connectivity index (χ0) is 20.2. The lowest BCUT2D eigenvalue weighted by atomic mass is 10.1. The fourth-order valence-corrected chi connectivity index (χ4v) is 3.18. The molecule has 1 N–H and O–H groups in total. The fourth-order valence-electron chi connectivity index (χ4n) is 3.18. The maximum atomic E-state index is 12.2. The van der Waals surface area contributed by atoms with Gasteiger partial charge in [0, 0.05) is 33.0 Å². The van der Waals surface area contributed by atoms with E-state index in [1.165, 1.54) is 6.92 Å². The predicted molar refractivity (Wildman–Crippen MR) is 103 cm³/mol. The molecule has 29 heavy (non-hydrogen) atoms. The van der Waals surface area contributed by atoms with Crippen LogP contribution in [0.15, 0.2) is 36.4 Å². The van der Waals surface area contributed by atoms with Crippen LogP contribution in [0.4, 0.5) is 0 Å². The molecule has 2 amide bonds. The van der Waals surface area contributed by atoms with Crippen molar-refractivity contribution in [2.75, 3.05) is 20.1 Å². The fraction of sp³-hybridized carbons (Fsp3) is 0.333. The Balaban J connectivity index is 1.27. The quantitative estimate of drug-likeness (QED) is 0.770. The number of rotatable bonds is 7. The minimum absolute atomic E-state index is 0.0914. The first-order valence-corrected chi connectivity index (χ1v) is 9.38. The highest BCUT2D eigenvalue weighted by molar-refractivity contribution is 5.78. The number of fused-ring (bicyclic) bond motifs is 2. The first-order chi connectivity index (χ1) is 14.1. The normalized spacial score (nSPS) is 13.3. The van der Waals surface area contributed by atoms with Gasteiger partial charge in [-0.05, 0) is 35.4 Å². The van der Waals surface area contributed by atoms with E-state index in [4.69, 9.17) is 18.9 Å². The highest BCUT2D eigenvalue weighted by atomic mass is 16.7. The molecule has 152 valence electrons. The van der Waals surface area contributed by atoms with Crippen molar-refractivity contribution in [2.24, 2.45) is 0 Å². The Morgan fingerprint density at radius 3 is 2.14 bits per heavy atom. The number of benzene rings is 2. The number of carbonyl (C=O) groups is 2. The van der Waals surface area contributed by atoms with Gasteiger partial charge in [-0.25, -0.2) is 0 Å². The second kappa shape index (κ2) is 8.30. The summed E-state index contributed by atoms with van der Waals surface area (Å²) in [5, 5.41) is 2.87. The molecule has 2 aromatic rings. The summed E-state index contributed by atoms with van der Waals surface area (Å²) < 4.78 is 21.3. The lowest BCUT2D eigenvalue weighted by molar-refractivity contribution is -0.130. The molecular formula is C21H22N2O6. The van der Waals surface area contributed by atoms with Crippen LogP contribution in [0.25, 0.3) is 0 Å². The molecule has 0 spiro atoms. The zero-order valence-corrected chi connectivity index (χ0v) is 16.1. The minimum atomic E-state index is -0.125. The number of ether oxygens (including phenoxy) is 4. The maximum Gasteiger partial charge on any atom is 0.231 e. The Labute approximate surface area is 168 Å².